The van der Waals surface area contributed by atoms with Crippen molar-refractivity contribution in [2.75, 3.05) is 26.4 Å². The zero-order chi connectivity index (χ0) is 9.23. The fourth-order valence-electron chi connectivity index (χ4n) is 0.526. The van der Waals surface area contributed by atoms with Crippen LogP contribution in [0.4, 0.5) is 0 Å². The number of ether oxygens (including phenoxy) is 2. The molecule has 5 nitrogen and oxygen atoms in total. The lowest BCUT2D eigenvalue weighted by Gasteiger charge is -2.03. The molecule has 0 heterocycles. The highest BCUT2D eigenvalue weighted by molar-refractivity contribution is 5.68. The maximum atomic E-state index is 10.6. The summed E-state index contributed by atoms with van der Waals surface area (Å²) in [5.74, 6) is 4.53. The van der Waals surface area contributed by atoms with Crippen LogP contribution in [0.2, 0.25) is 0 Å². The molecule has 0 aliphatic carbocycles. The largest absolute Gasteiger partial charge is 0.463 e. The molecule has 0 aromatic carbocycles. The first-order valence-corrected chi connectivity index (χ1v) is 3.86. The van der Waals surface area contributed by atoms with Gasteiger partial charge in [0, 0.05) is 6.42 Å². The summed E-state index contributed by atoms with van der Waals surface area (Å²) in [7, 11) is 0. The number of esters is 1. The van der Waals surface area contributed by atoms with Crippen molar-refractivity contribution in [3.8, 4) is 0 Å². The Morgan fingerprint density at radius 2 is 1.92 bits per heavy atom. The Morgan fingerprint density at radius 3 is 2.50 bits per heavy atom. The molecule has 0 bridgehead atoms. The number of rotatable bonds is 7. The molecule has 0 aromatic rings. The first kappa shape index (κ1) is 11.4. The van der Waals surface area contributed by atoms with Gasteiger partial charge in [-0.05, 0) is 0 Å². The van der Waals surface area contributed by atoms with E-state index in [1.807, 2.05) is 0 Å². The van der Waals surface area contributed by atoms with Gasteiger partial charge >= 0.3 is 5.97 Å². The van der Waals surface area contributed by atoms with Crippen molar-refractivity contribution >= 4 is 5.97 Å². The van der Waals surface area contributed by atoms with Crippen molar-refractivity contribution in [1.29, 1.82) is 0 Å². The molecule has 2 N–H and O–H groups in total. The van der Waals surface area contributed by atoms with E-state index in [2.05, 4.69) is 4.84 Å². The molecular formula is C7H15NO4. The van der Waals surface area contributed by atoms with Crippen LogP contribution in [-0.2, 0) is 19.1 Å². The predicted octanol–water partition coefficient (Wildman–Crippen LogP) is -0.154. The van der Waals surface area contributed by atoms with Gasteiger partial charge in [0.2, 0.25) is 0 Å². The van der Waals surface area contributed by atoms with Crippen molar-refractivity contribution in [3.63, 3.8) is 0 Å². The van der Waals surface area contributed by atoms with Crippen molar-refractivity contribution in [1.82, 2.24) is 0 Å². The molecule has 0 aliphatic rings. The maximum Gasteiger partial charge on any atom is 0.305 e. The quantitative estimate of drug-likeness (QED) is 0.332. The molecule has 72 valence electrons. The number of carbonyl (C=O) groups excluding carboxylic acids is 1. The lowest BCUT2D eigenvalue weighted by Crippen LogP contribution is -2.13. The molecule has 0 saturated carbocycles. The van der Waals surface area contributed by atoms with E-state index in [4.69, 9.17) is 15.4 Å². The summed E-state index contributed by atoms with van der Waals surface area (Å²) >= 11 is 0. The van der Waals surface area contributed by atoms with E-state index in [1.165, 1.54) is 0 Å². The average Bonchev–Trinajstić information content (AvgIpc) is 2.10. The van der Waals surface area contributed by atoms with E-state index in [0.29, 0.717) is 26.2 Å². The third kappa shape index (κ3) is 7.46. The Morgan fingerprint density at radius 1 is 1.25 bits per heavy atom. The number of hydrogen-bond acceptors (Lipinski definition) is 5. The van der Waals surface area contributed by atoms with Crippen LogP contribution in [0.3, 0.4) is 0 Å². The fraction of sp³-hybridized carbons (Fsp3) is 0.857. The molecule has 12 heavy (non-hydrogen) atoms. The zero-order valence-electron chi connectivity index (χ0n) is 7.25. The minimum absolute atomic E-state index is 0.214. The highest BCUT2D eigenvalue weighted by atomic mass is 16.6. The van der Waals surface area contributed by atoms with Crippen LogP contribution in [0, 0.1) is 0 Å². The number of hydrogen-bond donors (Lipinski definition) is 1. The van der Waals surface area contributed by atoms with Gasteiger partial charge in [-0.1, -0.05) is 6.92 Å². The van der Waals surface area contributed by atoms with Gasteiger partial charge in [0.1, 0.15) is 6.61 Å². The van der Waals surface area contributed by atoms with Gasteiger partial charge in [-0.25, -0.2) is 5.90 Å². The summed E-state index contributed by atoms with van der Waals surface area (Å²) in [6, 6.07) is 0. The molecule has 0 radical (unpaired) electrons. The first-order chi connectivity index (χ1) is 5.81. The molecule has 0 aliphatic heterocycles. The SMILES string of the molecule is CCC(=O)OCCOCCON. The summed E-state index contributed by atoms with van der Waals surface area (Å²) in [6.07, 6.45) is 0.395. The lowest BCUT2D eigenvalue weighted by atomic mass is 10.5. The van der Waals surface area contributed by atoms with Crippen molar-refractivity contribution in [2.24, 2.45) is 5.90 Å². The van der Waals surface area contributed by atoms with Gasteiger partial charge in [-0.2, -0.15) is 0 Å². The average molecular weight is 177 g/mol. The molecule has 0 rings (SSSR count). The van der Waals surface area contributed by atoms with E-state index in [0.717, 1.165) is 0 Å². The topological polar surface area (TPSA) is 70.8 Å². The predicted molar refractivity (Wildman–Crippen MR) is 42.2 cm³/mol. The fourth-order valence-corrected chi connectivity index (χ4v) is 0.526. The van der Waals surface area contributed by atoms with Crippen molar-refractivity contribution < 1.29 is 19.1 Å². The zero-order valence-corrected chi connectivity index (χ0v) is 7.25. The summed E-state index contributed by atoms with van der Waals surface area (Å²) in [4.78, 5) is 14.8. The number of carbonyl (C=O) groups is 1. The highest BCUT2D eigenvalue weighted by Crippen LogP contribution is 1.84. The third-order valence-electron chi connectivity index (χ3n) is 1.12. The van der Waals surface area contributed by atoms with Crippen molar-refractivity contribution in [2.45, 2.75) is 13.3 Å². The minimum Gasteiger partial charge on any atom is -0.463 e. The molecular weight excluding hydrogens is 162 g/mol. The Labute approximate surface area is 71.7 Å². The monoisotopic (exact) mass is 177 g/mol. The smallest absolute Gasteiger partial charge is 0.305 e. The summed E-state index contributed by atoms with van der Waals surface area (Å²) in [5, 5.41) is 0. The molecule has 0 amide bonds. The van der Waals surface area contributed by atoms with E-state index >= 15 is 0 Å². The van der Waals surface area contributed by atoms with Gasteiger partial charge in [0.05, 0.1) is 19.8 Å². The van der Waals surface area contributed by atoms with Crippen LogP contribution < -0.4 is 5.90 Å². The minimum atomic E-state index is -0.214. The molecule has 0 unspecified atom stereocenters. The van der Waals surface area contributed by atoms with Gasteiger partial charge in [-0.15, -0.1) is 0 Å². The van der Waals surface area contributed by atoms with Crippen LogP contribution in [0.15, 0.2) is 0 Å². The Bertz CT molecular complexity index is 118. The first-order valence-electron chi connectivity index (χ1n) is 3.86. The van der Waals surface area contributed by atoms with E-state index in [1.54, 1.807) is 6.92 Å². The number of nitrogens with two attached hydrogens (primary N) is 1. The van der Waals surface area contributed by atoms with E-state index in [9.17, 15) is 4.79 Å². The lowest BCUT2D eigenvalue weighted by molar-refractivity contribution is -0.144. The van der Waals surface area contributed by atoms with Gasteiger partial charge < -0.3 is 14.3 Å². The molecule has 5 heteroatoms. The molecule has 0 spiro atoms. The van der Waals surface area contributed by atoms with Crippen LogP contribution >= 0.6 is 0 Å². The van der Waals surface area contributed by atoms with E-state index in [-0.39, 0.29) is 12.6 Å². The summed E-state index contributed by atoms with van der Waals surface area (Å²) < 4.78 is 9.72. The molecule has 0 saturated heterocycles. The van der Waals surface area contributed by atoms with Crippen LogP contribution in [-0.4, -0.2) is 32.4 Å². The second-order valence-electron chi connectivity index (χ2n) is 2.06. The summed E-state index contributed by atoms with van der Waals surface area (Å²) in [6.45, 7) is 3.18. The molecule has 0 atom stereocenters. The van der Waals surface area contributed by atoms with E-state index < -0.39 is 0 Å². The standard InChI is InChI=1S/C7H15NO4/c1-2-7(9)11-5-3-10-4-6-12-8/h2-6,8H2,1H3. The molecule has 0 aromatic heterocycles. The van der Waals surface area contributed by atoms with Crippen LogP contribution in [0.1, 0.15) is 13.3 Å². The van der Waals surface area contributed by atoms with Crippen LogP contribution in [0.25, 0.3) is 0 Å². The van der Waals surface area contributed by atoms with Crippen LogP contribution in [0.5, 0.6) is 0 Å². The Kier molecular flexibility index (Phi) is 7.99. The highest BCUT2D eigenvalue weighted by Gasteiger charge is 1.96. The second-order valence-corrected chi connectivity index (χ2v) is 2.06. The van der Waals surface area contributed by atoms with Crippen molar-refractivity contribution in [3.05, 3.63) is 0 Å². The maximum absolute atomic E-state index is 10.6. The summed E-state index contributed by atoms with van der Waals surface area (Å²) in [5.41, 5.74) is 0. The third-order valence-corrected chi connectivity index (χ3v) is 1.12. The Balaban J connectivity index is 2.95. The van der Waals surface area contributed by atoms with Gasteiger partial charge in [0.15, 0.2) is 0 Å². The van der Waals surface area contributed by atoms with Gasteiger partial charge in [0.25, 0.3) is 0 Å². The second kappa shape index (κ2) is 8.45. The molecule has 0 fully saturated rings. The Hall–Kier alpha value is -0.650. The normalized spacial score (nSPS) is 9.83. The van der Waals surface area contributed by atoms with Gasteiger partial charge in [-0.3, -0.25) is 4.79 Å².